The van der Waals surface area contributed by atoms with E-state index in [-0.39, 0.29) is 67.2 Å². The summed E-state index contributed by atoms with van der Waals surface area (Å²) < 4.78 is 0. The molecular formula is C61H87N11O12. The summed E-state index contributed by atoms with van der Waals surface area (Å²) in [5.41, 5.74) is 0.217. The first kappa shape index (κ1) is 64.5. The Bertz CT molecular complexity index is 2620. The maximum absolute atomic E-state index is 14.2. The minimum atomic E-state index is -1.08. The zero-order valence-electron chi connectivity index (χ0n) is 48.9. The van der Waals surface area contributed by atoms with E-state index < -0.39 is 101 Å². The van der Waals surface area contributed by atoms with Crippen LogP contribution in [-0.2, 0) is 38.4 Å². The largest absolute Gasteiger partial charge is 0.396 e. The molecule has 4 aliphatic heterocycles. The molecule has 84 heavy (non-hydrogen) atoms. The smallest absolute Gasteiger partial charge is 0.253 e. The lowest BCUT2D eigenvalue weighted by molar-refractivity contribution is -0.144. The second-order valence-corrected chi connectivity index (χ2v) is 22.7. The highest BCUT2D eigenvalue weighted by Gasteiger charge is 2.50. The second kappa shape index (κ2) is 31.2. The van der Waals surface area contributed by atoms with Crippen LogP contribution in [0.15, 0.2) is 70.3 Å². The first-order chi connectivity index (χ1) is 40.6. The Morgan fingerprint density at radius 2 is 0.940 bits per heavy atom. The van der Waals surface area contributed by atoms with E-state index in [4.69, 9.17) is 0 Å². The molecule has 4 aliphatic rings. The number of hydrogen-bond donors (Lipinski definition) is 11. The lowest BCUT2D eigenvalue weighted by Gasteiger charge is -2.33. The van der Waals surface area contributed by atoms with Crippen molar-refractivity contribution in [2.24, 2.45) is 11.8 Å². The van der Waals surface area contributed by atoms with Crippen LogP contribution < -0.4 is 58.7 Å². The van der Waals surface area contributed by atoms with Gasteiger partial charge in [-0.25, -0.2) is 0 Å². The zero-order valence-corrected chi connectivity index (χ0v) is 48.9. The van der Waals surface area contributed by atoms with Crippen molar-refractivity contribution in [1.29, 1.82) is 0 Å². The number of ketones is 1. The van der Waals surface area contributed by atoms with Gasteiger partial charge in [-0.15, -0.1) is 0 Å². The molecule has 4 saturated heterocycles. The van der Waals surface area contributed by atoms with Gasteiger partial charge in [0.05, 0.1) is 12.1 Å². The summed E-state index contributed by atoms with van der Waals surface area (Å²) in [6.07, 6.45) is 7.71. The molecule has 4 fully saturated rings. The Balaban J connectivity index is 0.854. The van der Waals surface area contributed by atoms with Crippen molar-refractivity contribution in [1.82, 2.24) is 47.0 Å². The molecule has 11 N–H and O–H groups in total. The molecule has 0 aromatic heterocycles. The van der Waals surface area contributed by atoms with Crippen LogP contribution in [0.25, 0.3) is 0 Å². The number of fused-ring (bicyclic) bond motifs is 2. The standard InChI is InChI=1S/C61H87N11O12/c1-5-42(62-3)55(78)69-49-38(34-73)23-25-40-27-29-44(71(40)60(49)83)57(80)67-47(36-18-10-7-11-19-36)46(75)22-14-9-15-31-64-51-52(54(77)53(51)76)65-32-16-17-33-66-59(82)48(37-20-12-8-13-21-37)68-58(81)45-30-28-41-26-24-39(35-74)50(61(84)72(41)45)70-56(79)43(6-2)63-4/h7-8,10-13,18-21,38-45,47-50,62-65,73-74H,5-6,9,14-17,22-35H2,1-4H3,(H,66,82)(H,67,80)(H,68,81)(H,69,78)(H,70,79)/t38-,39-,40+,41+,42+,43+,44+,45+,47+,48+,49+,50+/m1/s1. The molecule has 0 radical (unpaired) electrons. The molecule has 0 unspecified atom stereocenters. The zero-order chi connectivity index (χ0) is 60.5. The van der Waals surface area contributed by atoms with E-state index in [9.17, 15) is 58.2 Å². The number of rotatable bonds is 31. The van der Waals surface area contributed by atoms with Gasteiger partial charge in [-0.1, -0.05) is 80.9 Å². The maximum atomic E-state index is 14.2. The van der Waals surface area contributed by atoms with E-state index in [1.54, 1.807) is 73.6 Å². The van der Waals surface area contributed by atoms with Gasteiger partial charge in [0.1, 0.15) is 47.6 Å². The fourth-order valence-corrected chi connectivity index (χ4v) is 12.6. The molecule has 458 valence electrons. The van der Waals surface area contributed by atoms with Crippen molar-refractivity contribution in [3.63, 3.8) is 0 Å². The number of hydrogen-bond acceptors (Lipinski definition) is 16. The highest BCUT2D eigenvalue weighted by molar-refractivity contribution is 5.98. The summed E-state index contributed by atoms with van der Waals surface area (Å²) in [7, 11) is 3.32. The number of carbonyl (C=O) groups excluding carboxylic acids is 8. The maximum Gasteiger partial charge on any atom is 0.253 e. The summed E-state index contributed by atoms with van der Waals surface area (Å²) in [6, 6.07) is 10.2. The van der Waals surface area contributed by atoms with Crippen LogP contribution in [0.4, 0.5) is 11.4 Å². The van der Waals surface area contributed by atoms with Crippen LogP contribution in [-0.4, -0.2) is 162 Å². The average Bonchev–Trinajstić information content (AvgIpc) is 2.91. The van der Waals surface area contributed by atoms with Gasteiger partial charge in [0.15, 0.2) is 5.78 Å². The number of benzene rings is 2. The van der Waals surface area contributed by atoms with Crippen molar-refractivity contribution in [2.45, 2.75) is 177 Å². The van der Waals surface area contributed by atoms with Gasteiger partial charge >= 0.3 is 0 Å². The lowest BCUT2D eigenvalue weighted by Crippen LogP contribution is -2.59. The Morgan fingerprint density at radius 3 is 1.38 bits per heavy atom. The van der Waals surface area contributed by atoms with Gasteiger partial charge in [0.25, 0.3) is 10.9 Å². The van der Waals surface area contributed by atoms with Crippen molar-refractivity contribution >= 4 is 58.5 Å². The van der Waals surface area contributed by atoms with E-state index in [2.05, 4.69) is 47.9 Å². The van der Waals surface area contributed by atoms with Gasteiger partial charge in [-0.3, -0.25) is 47.9 Å². The number of nitrogens with zero attached hydrogens (tertiary/aromatic N) is 2. The number of nitrogens with one attached hydrogen (secondary N) is 9. The molecule has 4 heterocycles. The number of aliphatic hydroxyl groups excluding tert-OH is 2. The molecule has 0 saturated carbocycles. The highest BCUT2D eigenvalue weighted by Crippen LogP contribution is 2.36. The predicted octanol–water partition coefficient (Wildman–Crippen LogP) is 1.34. The fraction of sp³-hybridized carbons (Fsp3) is 0.607. The van der Waals surface area contributed by atoms with Crippen molar-refractivity contribution in [3.05, 3.63) is 92.2 Å². The molecule has 23 heteroatoms. The van der Waals surface area contributed by atoms with E-state index in [1.165, 1.54) is 4.90 Å². The molecule has 3 aromatic rings. The first-order valence-corrected chi connectivity index (χ1v) is 30.2. The summed E-state index contributed by atoms with van der Waals surface area (Å²) >= 11 is 0. The predicted molar refractivity (Wildman–Crippen MR) is 316 cm³/mol. The molecular weight excluding hydrogens is 1080 g/mol. The van der Waals surface area contributed by atoms with Crippen LogP contribution >= 0.6 is 0 Å². The normalized spacial score (nSPS) is 23.6. The van der Waals surface area contributed by atoms with Gasteiger partial charge in [-0.05, 0) is 115 Å². The quantitative estimate of drug-likeness (QED) is 0.0320. The van der Waals surface area contributed by atoms with Crippen molar-refractivity contribution < 1.29 is 48.6 Å². The van der Waals surface area contributed by atoms with Crippen LogP contribution in [0.3, 0.4) is 0 Å². The molecule has 0 spiro atoms. The molecule has 7 amide bonds. The van der Waals surface area contributed by atoms with E-state index in [0.717, 1.165) is 0 Å². The Kier molecular flexibility index (Phi) is 23.9. The molecule has 0 aliphatic carbocycles. The minimum Gasteiger partial charge on any atom is -0.396 e. The molecule has 0 bridgehead atoms. The molecule has 7 rings (SSSR count). The van der Waals surface area contributed by atoms with Crippen LogP contribution in [0.2, 0.25) is 0 Å². The van der Waals surface area contributed by atoms with Crippen LogP contribution in [0.5, 0.6) is 0 Å². The van der Waals surface area contributed by atoms with Crippen molar-refractivity contribution in [3.8, 4) is 0 Å². The van der Waals surface area contributed by atoms with Gasteiger partial charge in [0.2, 0.25) is 41.4 Å². The Hall–Kier alpha value is -7.08. The van der Waals surface area contributed by atoms with Gasteiger partial charge in [-0.2, -0.15) is 0 Å². The molecule has 23 nitrogen and oxygen atoms in total. The lowest BCUT2D eigenvalue weighted by atomic mass is 9.93. The van der Waals surface area contributed by atoms with Crippen LogP contribution in [0, 0.1) is 11.8 Å². The SMILES string of the molecule is CC[C@H](NC)C(=O)N[C@@H]1C(=O)N2[C@@H](CC[C@@H]1CO)CC[C@H]2C(=O)N[C@H](C(=O)CCCCCNc1c(NCCCCNC(=O)[C@@H](NC(=O)[C@@H]2CC[C@@H]3CC[C@H](CO)[C@H](NC(=O)[C@H](CC)NC)C(=O)N32)c2ccccc2)c(=O)c1=O)c1ccccc1. The summed E-state index contributed by atoms with van der Waals surface area (Å²) in [4.78, 5) is 139. The number of carbonyl (C=O) groups is 8. The monoisotopic (exact) mass is 1170 g/mol. The third-order valence-corrected chi connectivity index (χ3v) is 17.5. The number of anilines is 2. The van der Waals surface area contributed by atoms with E-state index >= 15 is 0 Å². The number of aliphatic hydroxyl groups is 2. The average molecular weight is 1170 g/mol. The number of Topliss-reactive ketones (excluding diaryl/α,β-unsaturated/α-hetero) is 1. The Morgan fingerprint density at radius 1 is 0.524 bits per heavy atom. The van der Waals surface area contributed by atoms with Gasteiger partial charge in [0, 0.05) is 63.2 Å². The van der Waals surface area contributed by atoms with Crippen molar-refractivity contribution in [2.75, 3.05) is 57.6 Å². The highest BCUT2D eigenvalue weighted by atomic mass is 16.3. The van der Waals surface area contributed by atoms with E-state index in [1.807, 2.05) is 19.9 Å². The first-order valence-electron chi connectivity index (χ1n) is 30.2. The number of unbranched alkanes of at least 4 members (excludes halogenated alkanes) is 3. The third kappa shape index (κ3) is 15.4. The minimum absolute atomic E-state index is 0.135. The molecule has 12 atom stereocenters. The molecule has 3 aromatic carbocycles. The summed E-state index contributed by atoms with van der Waals surface area (Å²) in [5, 5.41) is 47.0. The number of likely N-dealkylation sites (N-methyl/N-ethyl adjacent to an activating group) is 2. The topological polar surface area (TPSA) is 326 Å². The van der Waals surface area contributed by atoms with Gasteiger partial charge < -0.3 is 67.9 Å². The third-order valence-electron chi connectivity index (χ3n) is 17.5. The summed E-state index contributed by atoms with van der Waals surface area (Å²) in [6.45, 7) is 3.99. The Labute approximate surface area is 491 Å². The van der Waals surface area contributed by atoms with E-state index in [0.29, 0.717) is 121 Å². The van der Waals surface area contributed by atoms with Crippen LogP contribution in [0.1, 0.15) is 140 Å². The number of amides is 7. The summed E-state index contributed by atoms with van der Waals surface area (Å²) in [5.74, 6) is -4.26. The fourth-order valence-electron chi connectivity index (χ4n) is 12.6. The second-order valence-electron chi connectivity index (χ2n) is 22.7.